The van der Waals surface area contributed by atoms with Crippen molar-refractivity contribution >= 4 is 27.7 Å². The summed E-state index contributed by atoms with van der Waals surface area (Å²) in [6, 6.07) is 0.474. The van der Waals surface area contributed by atoms with Gasteiger partial charge in [-0.15, -0.1) is 0 Å². The van der Waals surface area contributed by atoms with E-state index < -0.39 is 0 Å². The molecule has 3 N–H and O–H groups in total. The SMILES string of the molecule is CN1CCC(Nc2nc(N)ncc2Br)CC1. The van der Waals surface area contributed by atoms with Crippen LogP contribution in [0.3, 0.4) is 0 Å². The van der Waals surface area contributed by atoms with E-state index in [2.05, 4.69) is 43.2 Å². The summed E-state index contributed by atoms with van der Waals surface area (Å²) in [6.45, 7) is 2.24. The molecule has 6 heteroatoms. The van der Waals surface area contributed by atoms with Crippen molar-refractivity contribution in [2.45, 2.75) is 18.9 Å². The summed E-state index contributed by atoms with van der Waals surface area (Å²) in [5.41, 5.74) is 5.56. The van der Waals surface area contributed by atoms with Gasteiger partial charge >= 0.3 is 0 Å². The van der Waals surface area contributed by atoms with Crippen LogP contribution >= 0.6 is 15.9 Å². The smallest absolute Gasteiger partial charge is 0.221 e. The molecule has 5 nitrogen and oxygen atoms in total. The van der Waals surface area contributed by atoms with Gasteiger partial charge in [-0.2, -0.15) is 4.98 Å². The molecule has 0 aromatic carbocycles. The topological polar surface area (TPSA) is 67.1 Å². The second-order valence-corrected chi connectivity index (χ2v) is 5.00. The molecule has 1 saturated heterocycles. The summed E-state index contributed by atoms with van der Waals surface area (Å²) < 4.78 is 0.862. The van der Waals surface area contributed by atoms with Crippen LogP contribution in [0.2, 0.25) is 0 Å². The molecule has 1 aliphatic heterocycles. The number of hydrogen-bond donors (Lipinski definition) is 2. The molecule has 1 aliphatic rings. The van der Waals surface area contributed by atoms with E-state index in [0.717, 1.165) is 36.2 Å². The summed E-state index contributed by atoms with van der Waals surface area (Å²) in [5.74, 6) is 1.10. The highest BCUT2D eigenvalue weighted by Gasteiger charge is 2.17. The van der Waals surface area contributed by atoms with Gasteiger partial charge in [-0.05, 0) is 48.9 Å². The molecular weight excluding hydrogens is 270 g/mol. The lowest BCUT2D eigenvalue weighted by Crippen LogP contribution is -2.37. The first-order valence-electron chi connectivity index (χ1n) is 5.38. The van der Waals surface area contributed by atoms with E-state index in [1.165, 1.54) is 0 Å². The van der Waals surface area contributed by atoms with E-state index in [4.69, 9.17) is 5.73 Å². The van der Waals surface area contributed by atoms with Crippen LogP contribution in [0.25, 0.3) is 0 Å². The second kappa shape index (κ2) is 4.97. The quantitative estimate of drug-likeness (QED) is 0.858. The largest absolute Gasteiger partial charge is 0.368 e. The Hall–Kier alpha value is -0.880. The number of likely N-dealkylation sites (tertiary alicyclic amines) is 1. The van der Waals surface area contributed by atoms with E-state index in [-0.39, 0.29) is 0 Å². The zero-order chi connectivity index (χ0) is 11.5. The lowest BCUT2D eigenvalue weighted by atomic mass is 10.1. The maximum absolute atomic E-state index is 5.56. The number of anilines is 2. The normalized spacial score (nSPS) is 18.6. The summed E-state index contributed by atoms with van der Waals surface area (Å²) in [4.78, 5) is 10.4. The molecule has 0 aliphatic carbocycles. The van der Waals surface area contributed by atoms with Crippen molar-refractivity contribution < 1.29 is 0 Å². The number of nitrogens with two attached hydrogens (primary N) is 1. The Morgan fingerprint density at radius 2 is 2.19 bits per heavy atom. The van der Waals surface area contributed by atoms with E-state index in [0.29, 0.717) is 12.0 Å². The monoisotopic (exact) mass is 285 g/mol. The van der Waals surface area contributed by atoms with Gasteiger partial charge in [0.1, 0.15) is 5.82 Å². The fraction of sp³-hybridized carbons (Fsp3) is 0.600. The van der Waals surface area contributed by atoms with Crippen molar-refractivity contribution in [2.24, 2.45) is 0 Å². The summed E-state index contributed by atoms with van der Waals surface area (Å²) in [7, 11) is 2.15. The Labute approximate surface area is 104 Å². The molecule has 0 bridgehead atoms. The first-order chi connectivity index (χ1) is 7.65. The highest BCUT2D eigenvalue weighted by Crippen LogP contribution is 2.22. The van der Waals surface area contributed by atoms with Crippen LogP contribution in [0.1, 0.15) is 12.8 Å². The Morgan fingerprint density at radius 3 is 2.88 bits per heavy atom. The second-order valence-electron chi connectivity index (χ2n) is 4.15. The van der Waals surface area contributed by atoms with Gasteiger partial charge in [0.25, 0.3) is 0 Å². The molecule has 0 spiro atoms. The van der Waals surface area contributed by atoms with Crippen LogP contribution in [0.4, 0.5) is 11.8 Å². The molecule has 1 fully saturated rings. The van der Waals surface area contributed by atoms with Crippen LogP contribution in [0, 0.1) is 0 Å². The summed E-state index contributed by atoms with van der Waals surface area (Å²) in [5, 5.41) is 3.41. The van der Waals surface area contributed by atoms with Gasteiger partial charge in [0.05, 0.1) is 4.47 Å². The summed E-state index contributed by atoms with van der Waals surface area (Å²) in [6.07, 6.45) is 3.94. The van der Waals surface area contributed by atoms with Gasteiger partial charge in [-0.25, -0.2) is 4.98 Å². The lowest BCUT2D eigenvalue weighted by Gasteiger charge is -2.29. The van der Waals surface area contributed by atoms with Crippen LogP contribution in [-0.2, 0) is 0 Å². The maximum Gasteiger partial charge on any atom is 0.221 e. The molecule has 2 heterocycles. The van der Waals surface area contributed by atoms with Crippen molar-refractivity contribution in [1.82, 2.24) is 14.9 Å². The van der Waals surface area contributed by atoms with E-state index in [1.54, 1.807) is 6.20 Å². The molecule has 0 atom stereocenters. The number of nitrogen functional groups attached to an aromatic ring is 1. The zero-order valence-electron chi connectivity index (χ0n) is 9.28. The number of rotatable bonds is 2. The maximum atomic E-state index is 5.56. The van der Waals surface area contributed by atoms with Gasteiger partial charge in [0.15, 0.2) is 0 Å². The molecule has 0 radical (unpaired) electrons. The third kappa shape index (κ3) is 2.82. The lowest BCUT2D eigenvalue weighted by molar-refractivity contribution is 0.263. The number of aromatic nitrogens is 2. The minimum Gasteiger partial charge on any atom is -0.368 e. The van der Waals surface area contributed by atoms with Crippen LogP contribution in [0.15, 0.2) is 10.7 Å². The first kappa shape index (κ1) is 11.6. The van der Waals surface area contributed by atoms with Crippen molar-refractivity contribution in [1.29, 1.82) is 0 Å². The van der Waals surface area contributed by atoms with E-state index in [1.807, 2.05) is 0 Å². The molecule has 88 valence electrons. The van der Waals surface area contributed by atoms with Gasteiger partial charge in [-0.3, -0.25) is 0 Å². The third-order valence-electron chi connectivity index (χ3n) is 2.82. The number of hydrogen-bond acceptors (Lipinski definition) is 5. The van der Waals surface area contributed by atoms with Gasteiger partial charge in [-0.1, -0.05) is 0 Å². The zero-order valence-corrected chi connectivity index (χ0v) is 10.9. The predicted octanol–water partition coefficient (Wildman–Crippen LogP) is 1.33. The highest BCUT2D eigenvalue weighted by atomic mass is 79.9. The molecular formula is C10H16BrN5. The van der Waals surface area contributed by atoms with Gasteiger partial charge in [0.2, 0.25) is 5.95 Å². The molecule has 0 amide bonds. The number of halogens is 1. The van der Waals surface area contributed by atoms with E-state index >= 15 is 0 Å². The van der Waals surface area contributed by atoms with Gasteiger partial charge in [0, 0.05) is 12.2 Å². The Balaban J connectivity index is 2.00. The molecule has 16 heavy (non-hydrogen) atoms. The third-order valence-corrected chi connectivity index (χ3v) is 3.40. The van der Waals surface area contributed by atoms with Crippen LogP contribution in [-0.4, -0.2) is 41.0 Å². The molecule has 0 saturated carbocycles. The molecule has 1 aromatic heterocycles. The standard InChI is InChI=1S/C10H16BrN5/c1-16-4-2-7(3-5-16)14-9-8(11)6-13-10(12)15-9/h6-7H,2-5H2,1H3,(H3,12,13,14,15). The molecule has 2 rings (SSSR count). The Kier molecular flexibility index (Phi) is 3.60. The average Bonchev–Trinajstić information content (AvgIpc) is 2.27. The Bertz CT molecular complexity index is 362. The minimum absolute atomic E-state index is 0.304. The minimum atomic E-state index is 0.304. The van der Waals surface area contributed by atoms with Crippen molar-refractivity contribution in [3.63, 3.8) is 0 Å². The first-order valence-corrected chi connectivity index (χ1v) is 6.17. The van der Waals surface area contributed by atoms with Crippen molar-refractivity contribution in [2.75, 3.05) is 31.2 Å². The highest BCUT2D eigenvalue weighted by molar-refractivity contribution is 9.10. The molecule has 1 aromatic rings. The Morgan fingerprint density at radius 1 is 1.50 bits per heavy atom. The number of nitrogens with zero attached hydrogens (tertiary/aromatic N) is 3. The predicted molar refractivity (Wildman–Crippen MR) is 68.3 cm³/mol. The summed E-state index contributed by atoms with van der Waals surface area (Å²) >= 11 is 3.42. The molecule has 0 unspecified atom stereocenters. The number of piperidine rings is 1. The number of nitrogens with one attached hydrogen (secondary N) is 1. The average molecular weight is 286 g/mol. The van der Waals surface area contributed by atoms with E-state index in [9.17, 15) is 0 Å². The van der Waals surface area contributed by atoms with Crippen molar-refractivity contribution in [3.05, 3.63) is 10.7 Å². The fourth-order valence-corrected chi connectivity index (χ4v) is 2.13. The van der Waals surface area contributed by atoms with Gasteiger partial charge < -0.3 is 16.0 Å². The fourth-order valence-electron chi connectivity index (χ4n) is 1.83. The van der Waals surface area contributed by atoms with Crippen LogP contribution in [0.5, 0.6) is 0 Å². The van der Waals surface area contributed by atoms with Crippen molar-refractivity contribution in [3.8, 4) is 0 Å². The van der Waals surface area contributed by atoms with Crippen LogP contribution < -0.4 is 11.1 Å².